The highest BCUT2D eigenvalue weighted by Gasteiger charge is 2.17. The lowest BCUT2D eigenvalue weighted by atomic mass is 9.90. The highest BCUT2D eigenvalue weighted by atomic mass is 19.1. The van der Waals surface area contributed by atoms with Gasteiger partial charge in [0.2, 0.25) is 5.71 Å². The molecule has 2 rings (SSSR count). The van der Waals surface area contributed by atoms with E-state index in [0.29, 0.717) is 42.9 Å². The number of hydrogen-bond donors (Lipinski definition) is 1. The van der Waals surface area contributed by atoms with E-state index < -0.39 is 17.4 Å². The van der Waals surface area contributed by atoms with Crippen molar-refractivity contribution in [2.75, 3.05) is 0 Å². The van der Waals surface area contributed by atoms with E-state index in [1.807, 2.05) is 6.92 Å². The van der Waals surface area contributed by atoms with Crippen LogP contribution in [-0.4, -0.2) is 21.9 Å². The summed E-state index contributed by atoms with van der Waals surface area (Å²) in [5.74, 6) is 0.384. The minimum Gasteiger partial charge on any atom is -0.403 e. The molecule has 8 heteroatoms. The van der Waals surface area contributed by atoms with Crippen LogP contribution in [0.15, 0.2) is 25.2 Å². The molecule has 0 bridgehead atoms. The van der Waals surface area contributed by atoms with Crippen molar-refractivity contribution in [3.05, 3.63) is 32.4 Å². The summed E-state index contributed by atoms with van der Waals surface area (Å²) in [6.07, 6.45) is 6.10. The van der Waals surface area contributed by atoms with Gasteiger partial charge in [0.05, 0.1) is 11.9 Å². The zero-order valence-corrected chi connectivity index (χ0v) is 19.0. The smallest absolute Gasteiger partial charge is 0.337 e. The third-order valence-electron chi connectivity index (χ3n) is 5.21. The fourth-order valence-electron chi connectivity index (χ4n) is 3.79. The van der Waals surface area contributed by atoms with Crippen LogP contribution >= 0.6 is 0 Å². The van der Waals surface area contributed by atoms with Gasteiger partial charge in [0, 0.05) is 6.07 Å². The van der Waals surface area contributed by atoms with Crippen LogP contribution in [0.2, 0.25) is 0 Å². The number of alkyl halides is 1. The molecule has 2 heterocycles. The van der Waals surface area contributed by atoms with Crippen LogP contribution in [0.4, 0.5) is 4.39 Å². The molecule has 0 aliphatic rings. The fraction of sp³-hybridized carbons (Fsp3) is 0.652. The molecule has 1 N–H and O–H groups in total. The van der Waals surface area contributed by atoms with Crippen LogP contribution in [0.5, 0.6) is 6.01 Å². The summed E-state index contributed by atoms with van der Waals surface area (Å²) < 4.78 is 18.4. The van der Waals surface area contributed by atoms with Crippen LogP contribution in [0.25, 0.3) is 11.1 Å². The molecule has 7 nitrogen and oxygen atoms in total. The van der Waals surface area contributed by atoms with Crippen molar-refractivity contribution in [1.29, 1.82) is 0 Å². The van der Waals surface area contributed by atoms with Crippen LogP contribution < -0.4 is 16.0 Å². The standard InChI is InChI=1S/C23H34FN3O4/c1-5-8-16(9-6-2)13-17-14-19(28)30-22-20(17)21(29)25-23(26-22)31-27-18(10-7-3)12-11-15(4)24/h14-16H,5-13H2,1-4H3,(H,25,26,29)/b27-18-. The molecule has 0 saturated heterocycles. The second-order valence-corrected chi connectivity index (χ2v) is 8.11. The highest BCUT2D eigenvalue weighted by molar-refractivity contribution is 5.84. The lowest BCUT2D eigenvalue weighted by Crippen LogP contribution is -2.17. The van der Waals surface area contributed by atoms with Gasteiger partial charge in [-0.3, -0.25) is 9.78 Å². The first-order chi connectivity index (χ1) is 14.9. The third kappa shape index (κ3) is 7.60. The Labute approximate surface area is 182 Å². The molecule has 172 valence electrons. The van der Waals surface area contributed by atoms with Crippen molar-refractivity contribution in [2.24, 2.45) is 11.1 Å². The number of oxime groups is 1. The zero-order valence-electron chi connectivity index (χ0n) is 19.0. The van der Waals surface area contributed by atoms with Gasteiger partial charge in [0.25, 0.3) is 5.56 Å². The molecule has 31 heavy (non-hydrogen) atoms. The van der Waals surface area contributed by atoms with Gasteiger partial charge in [-0.1, -0.05) is 58.0 Å². The highest BCUT2D eigenvalue weighted by Crippen LogP contribution is 2.22. The average Bonchev–Trinajstić information content (AvgIpc) is 2.69. The average molecular weight is 436 g/mol. The third-order valence-corrected chi connectivity index (χ3v) is 5.21. The predicted molar refractivity (Wildman–Crippen MR) is 121 cm³/mol. The number of aromatic amines is 1. The van der Waals surface area contributed by atoms with Crippen molar-refractivity contribution >= 4 is 16.8 Å². The van der Waals surface area contributed by atoms with Crippen LogP contribution in [-0.2, 0) is 6.42 Å². The quantitative estimate of drug-likeness (QED) is 0.340. The lowest BCUT2D eigenvalue weighted by molar-refractivity contribution is 0.305. The molecular weight excluding hydrogens is 401 g/mol. The Morgan fingerprint density at radius 2 is 1.87 bits per heavy atom. The summed E-state index contributed by atoms with van der Waals surface area (Å²) in [6.45, 7) is 7.74. The molecule has 1 unspecified atom stereocenters. The summed E-state index contributed by atoms with van der Waals surface area (Å²) in [6, 6.07) is 1.23. The Balaban J connectivity index is 2.35. The largest absolute Gasteiger partial charge is 0.403 e. The molecule has 0 spiro atoms. The van der Waals surface area contributed by atoms with E-state index in [4.69, 9.17) is 9.25 Å². The first-order valence-corrected chi connectivity index (χ1v) is 11.3. The van der Waals surface area contributed by atoms with E-state index in [-0.39, 0.29) is 17.1 Å². The lowest BCUT2D eigenvalue weighted by Gasteiger charge is -2.15. The van der Waals surface area contributed by atoms with Gasteiger partial charge in [-0.05, 0) is 44.1 Å². The first kappa shape index (κ1) is 24.8. The zero-order chi connectivity index (χ0) is 22.8. The van der Waals surface area contributed by atoms with Crippen molar-refractivity contribution in [1.82, 2.24) is 9.97 Å². The number of fused-ring (bicyclic) bond motifs is 1. The molecule has 0 aromatic carbocycles. The van der Waals surface area contributed by atoms with Crippen molar-refractivity contribution in [2.45, 2.75) is 91.7 Å². The van der Waals surface area contributed by atoms with Crippen LogP contribution in [0.3, 0.4) is 0 Å². The van der Waals surface area contributed by atoms with Gasteiger partial charge in [-0.15, -0.1) is 0 Å². The topological polar surface area (TPSA) is 97.5 Å². The van der Waals surface area contributed by atoms with Gasteiger partial charge < -0.3 is 9.25 Å². The number of H-pyrrole nitrogens is 1. The number of halogens is 1. The Bertz CT molecular complexity index is 975. The second-order valence-electron chi connectivity index (χ2n) is 8.11. The summed E-state index contributed by atoms with van der Waals surface area (Å²) >= 11 is 0. The Hall–Kier alpha value is -2.51. The van der Waals surface area contributed by atoms with E-state index in [9.17, 15) is 14.0 Å². The molecule has 0 amide bonds. The maximum Gasteiger partial charge on any atom is 0.337 e. The van der Waals surface area contributed by atoms with E-state index in [2.05, 4.69) is 29.0 Å². The summed E-state index contributed by atoms with van der Waals surface area (Å²) in [4.78, 5) is 36.9. The van der Waals surface area contributed by atoms with Crippen molar-refractivity contribution in [3.63, 3.8) is 0 Å². The molecule has 0 aliphatic carbocycles. The minimum absolute atomic E-state index is 0.0578. The molecule has 0 saturated carbocycles. The first-order valence-electron chi connectivity index (χ1n) is 11.3. The number of rotatable bonds is 13. The van der Waals surface area contributed by atoms with Crippen molar-refractivity contribution < 1.29 is 13.6 Å². The molecule has 0 radical (unpaired) electrons. The summed E-state index contributed by atoms with van der Waals surface area (Å²) in [7, 11) is 0. The number of nitrogens with zero attached hydrogens (tertiary/aromatic N) is 2. The molecule has 0 fully saturated rings. The Kier molecular flexibility index (Phi) is 9.88. The summed E-state index contributed by atoms with van der Waals surface area (Å²) in [5.41, 5.74) is 0.288. The van der Waals surface area contributed by atoms with E-state index in [0.717, 1.165) is 32.1 Å². The molecule has 2 aromatic heterocycles. The normalized spacial score (nSPS) is 13.2. The number of nitrogens with one attached hydrogen (secondary N) is 1. The molecule has 1 atom stereocenters. The maximum absolute atomic E-state index is 13.2. The second kappa shape index (κ2) is 12.4. The van der Waals surface area contributed by atoms with Crippen LogP contribution in [0.1, 0.15) is 84.6 Å². The maximum atomic E-state index is 13.2. The molecule has 2 aromatic rings. The van der Waals surface area contributed by atoms with Gasteiger partial charge in [0.1, 0.15) is 5.39 Å². The molecular formula is C23H34FN3O4. The minimum atomic E-state index is -0.933. The van der Waals surface area contributed by atoms with Gasteiger partial charge in [-0.25, -0.2) is 9.18 Å². The van der Waals surface area contributed by atoms with Crippen LogP contribution in [0, 0.1) is 5.92 Å². The number of hydrogen-bond acceptors (Lipinski definition) is 6. The Morgan fingerprint density at radius 3 is 2.48 bits per heavy atom. The predicted octanol–water partition coefficient (Wildman–Crippen LogP) is 5.31. The van der Waals surface area contributed by atoms with E-state index >= 15 is 0 Å². The van der Waals surface area contributed by atoms with Gasteiger partial charge in [-0.2, -0.15) is 4.98 Å². The molecule has 0 aliphatic heterocycles. The number of aromatic nitrogens is 2. The van der Waals surface area contributed by atoms with Gasteiger partial charge >= 0.3 is 11.6 Å². The SMILES string of the molecule is CCC/C(CCC(C)F)=N/Oc1nc2oc(=O)cc(CC(CCC)CCC)c2c(=O)[nH]1. The fourth-order valence-corrected chi connectivity index (χ4v) is 3.79. The van der Waals surface area contributed by atoms with E-state index in [1.165, 1.54) is 13.0 Å². The Morgan fingerprint density at radius 1 is 1.16 bits per heavy atom. The monoisotopic (exact) mass is 435 g/mol. The summed E-state index contributed by atoms with van der Waals surface area (Å²) in [5, 5.41) is 4.31. The van der Waals surface area contributed by atoms with Crippen molar-refractivity contribution in [3.8, 4) is 6.01 Å². The van der Waals surface area contributed by atoms with E-state index in [1.54, 1.807) is 0 Å². The van der Waals surface area contributed by atoms with Gasteiger partial charge in [0.15, 0.2) is 0 Å².